The first-order chi connectivity index (χ1) is 10.2. The number of halogens is 2. The van der Waals surface area contributed by atoms with Crippen molar-refractivity contribution < 1.29 is 4.74 Å². The van der Waals surface area contributed by atoms with Crippen LogP contribution in [0.2, 0.25) is 10.0 Å². The maximum Gasteiger partial charge on any atom is 0.281 e. The highest BCUT2D eigenvalue weighted by Crippen LogP contribution is 2.36. The molecule has 2 heterocycles. The molecule has 0 fully saturated rings. The van der Waals surface area contributed by atoms with Gasteiger partial charge in [0.05, 0.1) is 20.4 Å². The predicted molar refractivity (Wildman–Crippen MR) is 89.3 cm³/mol. The molecule has 4 rings (SSSR count). The Hall–Kier alpha value is -1.40. The van der Waals surface area contributed by atoms with E-state index in [1.165, 1.54) is 22.7 Å². The van der Waals surface area contributed by atoms with Crippen molar-refractivity contribution in [1.29, 1.82) is 0 Å². The van der Waals surface area contributed by atoms with Crippen molar-refractivity contribution >= 4 is 66.3 Å². The lowest BCUT2D eigenvalue weighted by Gasteiger charge is -1.92. The van der Waals surface area contributed by atoms with Gasteiger partial charge in [-0.05, 0) is 36.4 Å². The third-order valence-electron chi connectivity index (χ3n) is 2.84. The van der Waals surface area contributed by atoms with E-state index in [1.54, 1.807) is 0 Å². The Balaban J connectivity index is 1.71. The third kappa shape index (κ3) is 2.58. The van der Waals surface area contributed by atoms with Crippen LogP contribution in [0.1, 0.15) is 0 Å². The Morgan fingerprint density at radius 3 is 1.71 bits per heavy atom. The number of aromatic nitrogens is 2. The molecule has 0 aliphatic carbocycles. The zero-order chi connectivity index (χ0) is 14.4. The van der Waals surface area contributed by atoms with Gasteiger partial charge in [0.2, 0.25) is 0 Å². The molecule has 0 atom stereocenters. The molecule has 21 heavy (non-hydrogen) atoms. The summed E-state index contributed by atoms with van der Waals surface area (Å²) >= 11 is 14.8. The van der Waals surface area contributed by atoms with E-state index >= 15 is 0 Å². The second kappa shape index (κ2) is 5.10. The maximum atomic E-state index is 5.97. The van der Waals surface area contributed by atoms with Crippen molar-refractivity contribution in [3.05, 3.63) is 46.4 Å². The number of nitrogens with zero attached hydrogens (tertiary/aromatic N) is 2. The van der Waals surface area contributed by atoms with Crippen molar-refractivity contribution in [2.75, 3.05) is 0 Å². The van der Waals surface area contributed by atoms with Gasteiger partial charge in [0, 0.05) is 10.0 Å². The molecule has 7 heteroatoms. The molecule has 0 saturated carbocycles. The zero-order valence-electron chi connectivity index (χ0n) is 10.3. The van der Waals surface area contributed by atoms with Gasteiger partial charge >= 0.3 is 0 Å². The molecular weight excluding hydrogens is 347 g/mol. The van der Waals surface area contributed by atoms with Crippen molar-refractivity contribution in [3.8, 4) is 10.4 Å². The number of rotatable bonds is 2. The molecule has 0 unspecified atom stereocenters. The smallest absolute Gasteiger partial charge is 0.281 e. The van der Waals surface area contributed by atoms with Crippen LogP contribution in [0, 0.1) is 0 Å². The molecule has 0 spiro atoms. The van der Waals surface area contributed by atoms with Gasteiger partial charge in [-0.3, -0.25) is 0 Å². The van der Waals surface area contributed by atoms with E-state index in [0.29, 0.717) is 20.4 Å². The molecular formula is C14H6Cl2N2OS2. The Morgan fingerprint density at radius 2 is 1.24 bits per heavy atom. The number of benzene rings is 2. The fraction of sp³-hybridized carbons (Fsp3) is 0. The van der Waals surface area contributed by atoms with Crippen LogP contribution in [-0.4, -0.2) is 9.97 Å². The molecule has 2 aromatic heterocycles. The fourth-order valence-electron chi connectivity index (χ4n) is 1.92. The summed E-state index contributed by atoms with van der Waals surface area (Å²) in [5, 5.41) is 2.48. The summed E-state index contributed by atoms with van der Waals surface area (Å²) in [7, 11) is 0. The van der Waals surface area contributed by atoms with E-state index in [4.69, 9.17) is 27.9 Å². The van der Waals surface area contributed by atoms with Crippen LogP contribution in [0.15, 0.2) is 36.4 Å². The monoisotopic (exact) mass is 352 g/mol. The molecule has 0 saturated heterocycles. The van der Waals surface area contributed by atoms with Crippen molar-refractivity contribution in [2.45, 2.75) is 0 Å². The van der Waals surface area contributed by atoms with Crippen LogP contribution >= 0.6 is 45.9 Å². The number of ether oxygens (including phenoxy) is 1. The second-order valence-electron chi connectivity index (χ2n) is 4.29. The summed E-state index contributed by atoms with van der Waals surface area (Å²) in [6, 6.07) is 11.1. The summed E-state index contributed by atoms with van der Waals surface area (Å²) in [5.74, 6) is 0. The number of hydrogen-bond acceptors (Lipinski definition) is 5. The van der Waals surface area contributed by atoms with E-state index in [2.05, 4.69) is 9.97 Å². The van der Waals surface area contributed by atoms with Gasteiger partial charge in [0.1, 0.15) is 0 Å². The Labute approximate surface area is 137 Å². The minimum absolute atomic E-state index is 0.553. The predicted octanol–water partition coefficient (Wildman–Crippen LogP) is 6.01. The number of fused-ring (bicyclic) bond motifs is 2. The average molecular weight is 353 g/mol. The van der Waals surface area contributed by atoms with Crippen molar-refractivity contribution in [1.82, 2.24) is 9.97 Å². The first kappa shape index (κ1) is 13.3. The highest BCUT2D eigenvalue weighted by atomic mass is 35.5. The van der Waals surface area contributed by atoms with Crippen molar-refractivity contribution in [3.63, 3.8) is 0 Å². The van der Waals surface area contributed by atoms with Crippen LogP contribution in [0.3, 0.4) is 0 Å². The van der Waals surface area contributed by atoms with Crippen molar-refractivity contribution in [2.24, 2.45) is 0 Å². The molecule has 0 amide bonds. The van der Waals surface area contributed by atoms with Gasteiger partial charge in [-0.15, -0.1) is 0 Å². The first-order valence-electron chi connectivity index (χ1n) is 5.97. The van der Waals surface area contributed by atoms with Crippen LogP contribution in [0.4, 0.5) is 0 Å². The third-order valence-corrected chi connectivity index (χ3v) is 5.10. The standard InChI is InChI=1S/C14H6Cl2N2OS2/c15-7-1-3-9-11(5-7)20-13(17-9)19-14-18-10-4-2-8(16)6-12(10)21-14/h1-6H. The molecule has 2 aromatic carbocycles. The first-order valence-corrected chi connectivity index (χ1v) is 8.36. The van der Waals surface area contributed by atoms with Gasteiger partial charge in [-0.25, -0.2) is 9.97 Å². The summed E-state index contributed by atoms with van der Waals surface area (Å²) in [6.07, 6.45) is 0. The fourth-order valence-corrected chi connectivity index (χ4v) is 4.16. The van der Waals surface area contributed by atoms with E-state index in [-0.39, 0.29) is 0 Å². The SMILES string of the molecule is Clc1ccc2nc(Oc3nc4ccc(Cl)cc4s3)sc2c1. The minimum atomic E-state index is 0.553. The van der Waals surface area contributed by atoms with E-state index in [0.717, 1.165) is 20.4 Å². The van der Waals surface area contributed by atoms with Gasteiger partial charge in [0.15, 0.2) is 0 Å². The van der Waals surface area contributed by atoms with Crippen LogP contribution < -0.4 is 4.74 Å². The molecule has 0 bridgehead atoms. The lowest BCUT2D eigenvalue weighted by Crippen LogP contribution is -1.80. The topological polar surface area (TPSA) is 35.0 Å². The van der Waals surface area contributed by atoms with Crippen LogP contribution in [0.5, 0.6) is 10.4 Å². The maximum absolute atomic E-state index is 5.97. The summed E-state index contributed by atoms with van der Waals surface area (Å²) in [5.41, 5.74) is 1.73. The Kier molecular flexibility index (Phi) is 3.23. The van der Waals surface area contributed by atoms with Crippen LogP contribution in [0.25, 0.3) is 20.4 Å². The summed E-state index contributed by atoms with van der Waals surface area (Å²) in [6.45, 7) is 0. The average Bonchev–Trinajstić information content (AvgIpc) is 3.00. The molecule has 3 nitrogen and oxygen atoms in total. The Bertz CT molecular complexity index is 886. The lowest BCUT2D eigenvalue weighted by molar-refractivity contribution is 0.478. The molecule has 0 radical (unpaired) electrons. The molecule has 0 aliphatic heterocycles. The quantitative estimate of drug-likeness (QED) is 0.443. The van der Waals surface area contributed by atoms with Gasteiger partial charge < -0.3 is 4.74 Å². The highest BCUT2D eigenvalue weighted by molar-refractivity contribution is 7.21. The zero-order valence-corrected chi connectivity index (χ0v) is 13.5. The molecule has 0 aliphatic rings. The summed E-state index contributed by atoms with van der Waals surface area (Å²) < 4.78 is 7.73. The second-order valence-corrected chi connectivity index (χ2v) is 7.14. The largest absolute Gasteiger partial charge is 0.402 e. The lowest BCUT2D eigenvalue weighted by atomic mass is 10.3. The number of hydrogen-bond donors (Lipinski definition) is 0. The molecule has 4 aromatic rings. The van der Waals surface area contributed by atoms with Crippen LogP contribution in [-0.2, 0) is 0 Å². The highest BCUT2D eigenvalue weighted by Gasteiger charge is 2.10. The van der Waals surface area contributed by atoms with E-state index in [9.17, 15) is 0 Å². The van der Waals surface area contributed by atoms with E-state index in [1.807, 2.05) is 36.4 Å². The Morgan fingerprint density at radius 1 is 0.762 bits per heavy atom. The van der Waals surface area contributed by atoms with E-state index < -0.39 is 0 Å². The van der Waals surface area contributed by atoms with Gasteiger partial charge in [-0.2, -0.15) is 0 Å². The normalized spacial score (nSPS) is 11.3. The molecule has 0 N–H and O–H groups in total. The molecule has 104 valence electrons. The van der Waals surface area contributed by atoms with Gasteiger partial charge in [0.25, 0.3) is 10.4 Å². The minimum Gasteiger partial charge on any atom is -0.402 e. The summed E-state index contributed by atoms with van der Waals surface area (Å²) in [4.78, 5) is 8.83. The van der Waals surface area contributed by atoms with Gasteiger partial charge in [-0.1, -0.05) is 45.9 Å². The number of thiazole rings is 2.